The highest BCUT2D eigenvalue weighted by atomic mass is 127. The molecule has 3 aromatic carbocycles. The molecule has 0 aliphatic rings. The van der Waals surface area contributed by atoms with Crippen LogP contribution in [-0.4, -0.2) is 6.21 Å². The summed E-state index contributed by atoms with van der Waals surface area (Å²) >= 11 is 4.73. The minimum absolute atomic E-state index is 0.147. The Kier molecular flexibility index (Phi) is 6.05. The molecule has 0 aliphatic heterocycles. The molecule has 0 heterocycles. The van der Waals surface area contributed by atoms with Gasteiger partial charge in [-0.15, -0.1) is 0 Å². The summed E-state index contributed by atoms with van der Waals surface area (Å²) in [7, 11) is 0. The average Bonchev–Trinajstić information content (AvgIpc) is 2.61. The highest BCUT2D eigenvalue weighted by molar-refractivity contribution is 14.1. The van der Waals surface area contributed by atoms with E-state index in [1.165, 1.54) is 23.8 Å². The van der Waals surface area contributed by atoms with Crippen LogP contribution in [0.25, 0.3) is 11.1 Å². The van der Waals surface area contributed by atoms with Gasteiger partial charge in [-0.05, 0) is 92.6 Å². The van der Waals surface area contributed by atoms with Crippen LogP contribution in [0.4, 0.5) is 0 Å². The summed E-state index contributed by atoms with van der Waals surface area (Å²) in [4.78, 5) is 4.76. The number of aliphatic imine (C=N–C) groups is 1. The van der Waals surface area contributed by atoms with E-state index in [4.69, 9.17) is 4.99 Å². The summed E-state index contributed by atoms with van der Waals surface area (Å²) in [5, 5.41) is 0. The van der Waals surface area contributed by atoms with Crippen molar-refractivity contribution in [1.29, 1.82) is 0 Å². The van der Waals surface area contributed by atoms with Crippen LogP contribution < -0.4 is 0 Å². The zero-order valence-corrected chi connectivity index (χ0v) is 17.6. The van der Waals surface area contributed by atoms with Crippen LogP contribution in [-0.2, 0) is 0 Å². The van der Waals surface area contributed by atoms with Crippen LogP contribution in [0, 0.1) is 7.14 Å². The first-order chi connectivity index (χ1) is 11.6. The van der Waals surface area contributed by atoms with E-state index in [2.05, 4.69) is 119 Å². The molecule has 3 aromatic rings. The predicted molar refractivity (Wildman–Crippen MR) is 120 cm³/mol. The van der Waals surface area contributed by atoms with E-state index in [0.29, 0.717) is 0 Å². The van der Waals surface area contributed by atoms with Crippen LogP contribution in [0.3, 0.4) is 0 Å². The van der Waals surface area contributed by atoms with Gasteiger partial charge in [0.15, 0.2) is 0 Å². The molecule has 1 atom stereocenters. The van der Waals surface area contributed by atoms with E-state index in [1.54, 1.807) is 0 Å². The van der Waals surface area contributed by atoms with E-state index in [0.717, 1.165) is 5.56 Å². The Hall–Kier alpha value is -1.21. The van der Waals surface area contributed by atoms with Crippen molar-refractivity contribution >= 4 is 51.4 Å². The standard InChI is InChI=1S/C21H17I2N/c1-15(20-11-10-19(22)13-21(20)23)24-14-16-6-5-9-18(12-16)17-7-3-2-4-8-17/h2-15H,1H3/b24-14+. The van der Waals surface area contributed by atoms with Crippen molar-refractivity contribution in [3.05, 3.63) is 91.1 Å². The first-order valence-corrected chi connectivity index (χ1v) is 9.93. The maximum atomic E-state index is 4.76. The minimum atomic E-state index is 0.147. The third-order valence-corrected chi connectivity index (χ3v) is 5.46. The molecule has 0 saturated heterocycles. The molecule has 3 heteroatoms. The Morgan fingerprint density at radius 3 is 2.33 bits per heavy atom. The normalized spacial score (nSPS) is 12.5. The summed E-state index contributed by atoms with van der Waals surface area (Å²) in [5.41, 5.74) is 4.85. The fourth-order valence-electron chi connectivity index (χ4n) is 2.55. The number of hydrogen-bond acceptors (Lipinski definition) is 1. The number of nitrogens with zero attached hydrogens (tertiary/aromatic N) is 1. The lowest BCUT2D eigenvalue weighted by Crippen LogP contribution is -1.95. The molecule has 0 spiro atoms. The Morgan fingerprint density at radius 2 is 1.58 bits per heavy atom. The summed E-state index contributed by atoms with van der Waals surface area (Å²) < 4.78 is 2.52. The van der Waals surface area contributed by atoms with Gasteiger partial charge in [-0.25, -0.2) is 0 Å². The molecule has 0 amide bonds. The van der Waals surface area contributed by atoms with Crippen LogP contribution in [0.1, 0.15) is 24.1 Å². The Morgan fingerprint density at radius 1 is 0.833 bits per heavy atom. The van der Waals surface area contributed by atoms with Crippen molar-refractivity contribution in [3.63, 3.8) is 0 Å². The zero-order chi connectivity index (χ0) is 16.9. The highest BCUT2D eigenvalue weighted by Gasteiger charge is 2.07. The largest absolute Gasteiger partial charge is 0.285 e. The lowest BCUT2D eigenvalue weighted by Gasteiger charge is -2.10. The van der Waals surface area contributed by atoms with E-state index in [-0.39, 0.29) is 6.04 Å². The van der Waals surface area contributed by atoms with Gasteiger partial charge in [-0.3, -0.25) is 4.99 Å². The number of benzene rings is 3. The number of rotatable bonds is 4. The van der Waals surface area contributed by atoms with Gasteiger partial charge < -0.3 is 0 Å². The molecular formula is C21H17I2N. The second-order valence-corrected chi connectivity index (χ2v) is 8.02. The maximum Gasteiger partial charge on any atom is 0.0731 e. The predicted octanol–water partition coefficient (Wildman–Crippen LogP) is 6.74. The summed E-state index contributed by atoms with van der Waals surface area (Å²) in [6.45, 7) is 2.14. The molecule has 120 valence electrons. The van der Waals surface area contributed by atoms with Gasteiger partial charge in [-0.2, -0.15) is 0 Å². The number of hydrogen-bond donors (Lipinski definition) is 0. The molecule has 0 N–H and O–H groups in total. The van der Waals surface area contributed by atoms with Gasteiger partial charge in [-0.1, -0.05) is 54.6 Å². The summed E-state index contributed by atoms with van der Waals surface area (Å²) in [6.07, 6.45) is 1.98. The second kappa shape index (κ2) is 8.25. The maximum absolute atomic E-state index is 4.76. The van der Waals surface area contributed by atoms with Gasteiger partial charge in [0, 0.05) is 13.4 Å². The van der Waals surface area contributed by atoms with Gasteiger partial charge >= 0.3 is 0 Å². The van der Waals surface area contributed by atoms with Gasteiger partial charge in [0.2, 0.25) is 0 Å². The topological polar surface area (TPSA) is 12.4 Å². The highest BCUT2D eigenvalue weighted by Crippen LogP contribution is 2.25. The minimum Gasteiger partial charge on any atom is -0.285 e. The Labute approximate surface area is 170 Å². The number of halogens is 2. The van der Waals surface area contributed by atoms with Crippen molar-refractivity contribution in [2.75, 3.05) is 0 Å². The monoisotopic (exact) mass is 537 g/mol. The van der Waals surface area contributed by atoms with Crippen molar-refractivity contribution in [1.82, 2.24) is 0 Å². The average molecular weight is 537 g/mol. The second-order valence-electron chi connectivity index (χ2n) is 5.61. The molecule has 24 heavy (non-hydrogen) atoms. The molecule has 1 nitrogen and oxygen atoms in total. The Balaban J connectivity index is 1.82. The first-order valence-electron chi connectivity index (χ1n) is 7.77. The van der Waals surface area contributed by atoms with E-state index >= 15 is 0 Å². The fraction of sp³-hybridized carbons (Fsp3) is 0.0952. The van der Waals surface area contributed by atoms with Crippen LogP contribution in [0.2, 0.25) is 0 Å². The van der Waals surface area contributed by atoms with Gasteiger partial charge in [0.25, 0.3) is 0 Å². The summed E-state index contributed by atoms with van der Waals surface area (Å²) in [6, 6.07) is 25.6. The third-order valence-electron chi connectivity index (χ3n) is 3.85. The molecule has 3 rings (SSSR count). The van der Waals surface area contributed by atoms with E-state index in [1.807, 2.05) is 12.3 Å². The molecule has 1 unspecified atom stereocenters. The molecule has 0 radical (unpaired) electrons. The lowest BCUT2D eigenvalue weighted by atomic mass is 10.0. The van der Waals surface area contributed by atoms with Crippen LogP contribution in [0.5, 0.6) is 0 Å². The molecular weight excluding hydrogens is 520 g/mol. The van der Waals surface area contributed by atoms with Crippen molar-refractivity contribution in [2.45, 2.75) is 13.0 Å². The quantitative estimate of drug-likeness (QED) is 0.258. The lowest BCUT2D eigenvalue weighted by molar-refractivity contribution is 0.819. The Bertz CT molecular complexity index is 857. The first kappa shape index (κ1) is 17.6. The van der Waals surface area contributed by atoms with E-state index in [9.17, 15) is 0 Å². The zero-order valence-electron chi connectivity index (χ0n) is 13.3. The molecule has 0 saturated carbocycles. The van der Waals surface area contributed by atoms with Gasteiger partial charge in [0.1, 0.15) is 0 Å². The molecule has 0 aliphatic carbocycles. The summed E-state index contributed by atoms with van der Waals surface area (Å²) in [5.74, 6) is 0. The molecule has 0 fully saturated rings. The SMILES string of the molecule is CC(/N=C/c1cccc(-c2ccccc2)c1)c1ccc(I)cc1I. The third kappa shape index (κ3) is 4.45. The van der Waals surface area contributed by atoms with Crippen molar-refractivity contribution in [3.8, 4) is 11.1 Å². The van der Waals surface area contributed by atoms with Gasteiger partial charge in [0.05, 0.1) is 6.04 Å². The van der Waals surface area contributed by atoms with Crippen LogP contribution >= 0.6 is 45.2 Å². The molecule has 0 bridgehead atoms. The van der Waals surface area contributed by atoms with Crippen molar-refractivity contribution in [2.24, 2.45) is 4.99 Å². The van der Waals surface area contributed by atoms with Crippen molar-refractivity contribution < 1.29 is 0 Å². The fourth-order valence-corrected chi connectivity index (χ4v) is 4.60. The van der Waals surface area contributed by atoms with E-state index < -0.39 is 0 Å². The smallest absolute Gasteiger partial charge is 0.0731 e. The molecule has 0 aromatic heterocycles. The van der Waals surface area contributed by atoms with Crippen LogP contribution in [0.15, 0.2) is 77.8 Å².